The molecule has 3 aliphatic rings. The van der Waals surface area contributed by atoms with Crippen molar-refractivity contribution in [1.82, 2.24) is 4.57 Å². The second-order valence-electron chi connectivity index (χ2n) is 10.6. The van der Waals surface area contributed by atoms with Crippen LogP contribution in [-0.4, -0.2) is 42.4 Å². The third-order valence-corrected chi connectivity index (χ3v) is 8.03. The summed E-state index contributed by atoms with van der Waals surface area (Å²) in [5.74, 6) is 1.32. The van der Waals surface area contributed by atoms with Gasteiger partial charge >= 0.3 is 6.09 Å². The highest BCUT2D eigenvalue weighted by Gasteiger charge is 2.31. The molecule has 6 rings (SSSR count). The predicted molar refractivity (Wildman–Crippen MR) is 142 cm³/mol. The molecule has 2 heterocycles. The molecule has 1 aliphatic heterocycles. The monoisotopic (exact) mass is 502 g/mol. The third-order valence-electron chi connectivity index (χ3n) is 8.03. The third kappa shape index (κ3) is 4.97. The molecule has 7 heteroatoms. The number of nitrogens with zero attached hydrogens (tertiary/aromatic N) is 1. The van der Waals surface area contributed by atoms with Gasteiger partial charge in [0.1, 0.15) is 18.0 Å². The average Bonchev–Trinajstić information content (AvgIpc) is 3.68. The zero-order chi connectivity index (χ0) is 25.4. The first kappa shape index (κ1) is 24.0. The van der Waals surface area contributed by atoms with Crippen LogP contribution in [-0.2, 0) is 9.47 Å². The van der Waals surface area contributed by atoms with Crippen LogP contribution < -0.4 is 10.1 Å². The topological polar surface area (TPSA) is 78.8 Å². The maximum Gasteiger partial charge on any atom is 0.411 e. The number of benzene rings is 2. The van der Waals surface area contributed by atoms with Gasteiger partial charge in [-0.15, -0.1) is 0 Å². The number of ether oxygens (including phenoxy) is 3. The van der Waals surface area contributed by atoms with Crippen molar-refractivity contribution in [1.29, 1.82) is 0 Å². The van der Waals surface area contributed by atoms with E-state index in [1.165, 1.54) is 6.42 Å². The smallest absolute Gasteiger partial charge is 0.411 e. The van der Waals surface area contributed by atoms with Crippen LogP contribution in [0.5, 0.6) is 5.75 Å². The molecule has 1 saturated heterocycles. The van der Waals surface area contributed by atoms with Gasteiger partial charge < -0.3 is 18.8 Å². The van der Waals surface area contributed by atoms with Crippen LogP contribution in [0.4, 0.5) is 10.5 Å². The van der Waals surface area contributed by atoms with E-state index in [-0.39, 0.29) is 12.2 Å². The van der Waals surface area contributed by atoms with Crippen LogP contribution >= 0.6 is 0 Å². The van der Waals surface area contributed by atoms with Gasteiger partial charge in [-0.05, 0) is 74.8 Å². The van der Waals surface area contributed by atoms with Crippen LogP contribution in [0.3, 0.4) is 0 Å². The van der Waals surface area contributed by atoms with Crippen molar-refractivity contribution >= 4 is 29.0 Å². The minimum absolute atomic E-state index is 0.0621. The van der Waals surface area contributed by atoms with E-state index in [1.54, 1.807) is 0 Å². The Morgan fingerprint density at radius 2 is 1.81 bits per heavy atom. The second-order valence-corrected chi connectivity index (χ2v) is 10.6. The van der Waals surface area contributed by atoms with E-state index in [0.29, 0.717) is 23.2 Å². The molecule has 1 N–H and O–H groups in total. The molecule has 3 aromatic rings. The van der Waals surface area contributed by atoms with Crippen molar-refractivity contribution in [2.24, 2.45) is 5.92 Å². The van der Waals surface area contributed by atoms with Crippen molar-refractivity contribution in [3.8, 4) is 17.0 Å². The van der Waals surface area contributed by atoms with Gasteiger partial charge in [0.25, 0.3) is 0 Å². The Morgan fingerprint density at radius 1 is 1.05 bits per heavy atom. The number of aromatic nitrogens is 1. The Kier molecular flexibility index (Phi) is 6.63. The molecule has 1 unspecified atom stereocenters. The molecular weight excluding hydrogens is 468 g/mol. The van der Waals surface area contributed by atoms with Crippen LogP contribution in [0.25, 0.3) is 22.2 Å². The molecule has 2 aromatic carbocycles. The molecule has 3 fully saturated rings. The lowest BCUT2D eigenvalue weighted by molar-refractivity contribution is 0.0256. The molecule has 0 bridgehead atoms. The van der Waals surface area contributed by atoms with Crippen molar-refractivity contribution < 1.29 is 23.8 Å². The van der Waals surface area contributed by atoms with E-state index in [0.717, 1.165) is 85.9 Å². The van der Waals surface area contributed by atoms with Gasteiger partial charge in [0, 0.05) is 41.6 Å². The van der Waals surface area contributed by atoms with Gasteiger partial charge in [-0.3, -0.25) is 10.1 Å². The zero-order valence-electron chi connectivity index (χ0n) is 21.3. The second kappa shape index (κ2) is 10.2. The zero-order valence-corrected chi connectivity index (χ0v) is 21.3. The van der Waals surface area contributed by atoms with Gasteiger partial charge in [-0.1, -0.05) is 12.1 Å². The standard InChI is InChI=1S/C30H34N2O5/c1-19(20-5-6-20)36-30(34)31-22-9-7-21(8-10-22)29-27(18-33)26-12-11-25(37-24-13-15-35-16-14-24)17-28(26)32(29)23-3-2-4-23/h7-12,17-20,23-24H,2-6,13-16H2,1H3,(H,31,34). The SMILES string of the molecule is CC(OC(=O)Nc1ccc(-c2c(C=O)c3ccc(OC4CCOCC4)cc3n2C2CCC2)cc1)C1CC1. The summed E-state index contributed by atoms with van der Waals surface area (Å²) in [4.78, 5) is 24.7. The van der Waals surface area contributed by atoms with Crippen LogP contribution in [0.1, 0.15) is 68.3 Å². The van der Waals surface area contributed by atoms with Gasteiger partial charge in [-0.2, -0.15) is 0 Å². The minimum Gasteiger partial charge on any atom is -0.490 e. The molecule has 7 nitrogen and oxygen atoms in total. The number of anilines is 1. The number of rotatable bonds is 8. The Hall–Kier alpha value is -3.32. The number of carbonyl (C=O) groups excluding carboxylic acids is 2. The fourth-order valence-corrected chi connectivity index (χ4v) is 5.50. The summed E-state index contributed by atoms with van der Waals surface area (Å²) in [6.45, 7) is 3.40. The van der Waals surface area contributed by atoms with E-state index >= 15 is 0 Å². The van der Waals surface area contributed by atoms with E-state index < -0.39 is 6.09 Å². The molecule has 2 aliphatic carbocycles. The number of carbonyl (C=O) groups is 2. The van der Waals surface area contributed by atoms with Gasteiger partial charge in [0.05, 0.1) is 24.4 Å². The fourth-order valence-electron chi connectivity index (χ4n) is 5.50. The number of hydrogen-bond acceptors (Lipinski definition) is 5. The number of fused-ring (bicyclic) bond motifs is 1. The van der Waals surface area contributed by atoms with Crippen molar-refractivity contribution in [2.45, 2.75) is 70.1 Å². The number of amides is 1. The van der Waals surface area contributed by atoms with Gasteiger partial charge in [0.15, 0.2) is 6.29 Å². The lowest BCUT2D eigenvalue weighted by Crippen LogP contribution is -2.25. The summed E-state index contributed by atoms with van der Waals surface area (Å²) < 4.78 is 19.6. The minimum atomic E-state index is -0.429. The van der Waals surface area contributed by atoms with Gasteiger partial charge in [-0.25, -0.2) is 4.79 Å². The summed E-state index contributed by atoms with van der Waals surface area (Å²) in [5.41, 5.74) is 4.27. The molecule has 0 radical (unpaired) electrons. The van der Waals surface area contributed by atoms with Crippen LogP contribution in [0.15, 0.2) is 42.5 Å². The Labute approximate surface area is 217 Å². The summed E-state index contributed by atoms with van der Waals surface area (Å²) in [6.07, 6.45) is 8.02. The fraction of sp³-hybridized carbons (Fsp3) is 0.467. The van der Waals surface area contributed by atoms with Crippen molar-refractivity contribution in [2.75, 3.05) is 18.5 Å². The predicted octanol–water partition coefficient (Wildman–Crippen LogP) is 6.75. The Bertz CT molecular complexity index is 1280. The van der Waals surface area contributed by atoms with E-state index in [9.17, 15) is 9.59 Å². The van der Waals surface area contributed by atoms with Crippen molar-refractivity contribution in [3.63, 3.8) is 0 Å². The van der Waals surface area contributed by atoms with E-state index in [1.807, 2.05) is 43.3 Å². The molecule has 0 spiro atoms. The first-order valence-electron chi connectivity index (χ1n) is 13.6. The van der Waals surface area contributed by atoms with Crippen LogP contribution in [0.2, 0.25) is 0 Å². The highest BCUT2D eigenvalue weighted by molar-refractivity contribution is 6.05. The maximum atomic E-state index is 12.4. The molecule has 194 valence electrons. The summed E-state index contributed by atoms with van der Waals surface area (Å²) in [6, 6.07) is 14.1. The van der Waals surface area contributed by atoms with E-state index in [2.05, 4.69) is 16.0 Å². The Morgan fingerprint density at radius 3 is 2.46 bits per heavy atom. The highest BCUT2D eigenvalue weighted by Crippen LogP contribution is 2.43. The molecule has 37 heavy (non-hydrogen) atoms. The molecule has 1 aromatic heterocycles. The summed E-state index contributed by atoms with van der Waals surface area (Å²) in [7, 11) is 0. The molecule has 1 atom stereocenters. The number of nitrogens with one attached hydrogen (secondary N) is 1. The molecule has 2 saturated carbocycles. The van der Waals surface area contributed by atoms with Gasteiger partial charge in [0.2, 0.25) is 0 Å². The molecule has 1 amide bonds. The largest absolute Gasteiger partial charge is 0.490 e. The number of hydrogen-bond donors (Lipinski definition) is 1. The first-order valence-corrected chi connectivity index (χ1v) is 13.6. The maximum absolute atomic E-state index is 12.4. The number of aldehydes is 1. The van der Waals surface area contributed by atoms with E-state index in [4.69, 9.17) is 14.2 Å². The average molecular weight is 503 g/mol. The summed E-state index contributed by atoms with van der Waals surface area (Å²) in [5, 5.41) is 3.77. The quantitative estimate of drug-likeness (QED) is 0.345. The highest BCUT2D eigenvalue weighted by atomic mass is 16.6. The summed E-state index contributed by atoms with van der Waals surface area (Å²) >= 11 is 0. The van der Waals surface area contributed by atoms with Crippen molar-refractivity contribution in [3.05, 3.63) is 48.0 Å². The Balaban J connectivity index is 1.30. The molecular formula is C30H34N2O5. The first-order chi connectivity index (χ1) is 18.1. The lowest BCUT2D eigenvalue weighted by Gasteiger charge is -2.30. The van der Waals surface area contributed by atoms with Crippen LogP contribution in [0, 0.1) is 5.92 Å². The normalized spacial score (nSPS) is 19.3. The lowest BCUT2D eigenvalue weighted by atomic mass is 9.92.